The van der Waals surface area contributed by atoms with Crippen LogP contribution in [0.2, 0.25) is 0 Å². The number of aryl methyl sites for hydroxylation is 1. The molecule has 3 N–H and O–H groups in total. The Morgan fingerprint density at radius 2 is 2.06 bits per heavy atom. The van der Waals surface area contributed by atoms with Crippen molar-refractivity contribution in [3.8, 4) is 0 Å². The summed E-state index contributed by atoms with van der Waals surface area (Å²) >= 11 is 0. The lowest BCUT2D eigenvalue weighted by molar-refractivity contribution is -0.136. The van der Waals surface area contributed by atoms with Crippen molar-refractivity contribution in [1.82, 2.24) is 9.38 Å². The van der Waals surface area contributed by atoms with E-state index >= 15 is 0 Å². The zero-order valence-electron chi connectivity index (χ0n) is 9.22. The highest BCUT2D eigenvalue weighted by molar-refractivity contribution is 7.60. The van der Waals surface area contributed by atoms with Gasteiger partial charge in [-0.05, 0) is 18.1 Å². The first-order valence-corrected chi connectivity index (χ1v) is 6.73. The molecule has 0 spiro atoms. The maximum absolute atomic E-state index is 11.0. The fraction of sp³-hybridized carbons (Fsp3) is 0.200. The van der Waals surface area contributed by atoms with E-state index in [-0.39, 0.29) is 11.9 Å². The maximum atomic E-state index is 11.0. The van der Waals surface area contributed by atoms with Crippen molar-refractivity contribution in [2.75, 3.05) is 0 Å². The third kappa shape index (κ3) is 2.76. The van der Waals surface area contributed by atoms with Crippen LogP contribution in [-0.2, 0) is 15.8 Å². The van der Waals surface area contributed by atoms with E-state index in [0.717, 1.165) is 5.56 Å². The van der Waals surface area contributed by atoms with Gasteiger partial charge in [0.25, 0.3) is 0 Å². The molecule has 0 aliphatic rings. The summed E-state index contributed by atoms with van der Waals surface area (Å²) in [5.74, 6) is -0.892. The zero-order valence-corrected chi connectivity index (χ0v) is 10.1. The van der Waals surface area contributed by atoms with E-state index in [1.54, 1.807) is 18.3 Å². The number of carboxylic acids is 1. The van der Waals surface area contributed by atoms with E-state index in [4.69, 9.17) is 14.9 Å². The monoisotopic (exact) mass is 270 g/mol. The molecule has 2 rings (SSSR count). The second kappa shape index (κ2) is 4.53. The Labute approximate surface area is 102 Å². The highest BCUT2D eigenvalue weighted by atomic mass is 31.2. The first kappa shape index (κ1) is 12.8. The van der Waals surface area contributed by atoms with E-state index in [0.29, 0.717) is 12.1 Å². The number of carbonyl (C=O) groups is 1. The Morgan fingerprint density at radius 3 is 2.67 bits per heavy atom. The summed E-state index contributed by atoms with van der Waals surface area (Å²) in [5.41, 5.74) is 0.879. The highest BCUT2D eigenvalue weighted by Crippen LogP contribution is 2.32. The number of imidazole rings is 1. The van der Waals surface area contributed by atoms with Crippen LogP contribution in [0.5, 0.6) is 0 Å². The summed E-state index contributed by atoms with van der Waals surface area (Å²) in [6.45, 7) is 0. The zero-order chi connectivity index (χ0) is 13.3. The van der Waals surface area contributed by atoms with Gasteiger partial charge in [-0.2, -0.15) is 0 Å². The molecule has 2 aromatic heterocycles. The highest BCUT2D eigenvalue weighted by Gasteiger charge is 2.21. The molecule has 96 valence electrons. The second-order valence-corrected chi connectivity index (χ2v) is 5.39. The molecule has 0 bridgehead atoms. The SMILES string of the molecule is O=C(O)CCc1ccc2nc(P(=O)(O)O)cn2c1. The Balaban J connectivity index is 2.34. The van der Waals surface area contributed by atoms with Gasteiger partial charge >= 0.3 is 13.6 Å². The van der Waals surface area contributed by atoms with Gasteiger partial charge in [0.2, 0.25) is 0 Å². The van der Waals surface area contributed by atoms with Crippen molar-refractivity contribution < 1.29 is 24.3 Å². The van der Waals surface area contributed by atoms with Crippen LogP contribution >= 0.6 is 7.60 Å². The summed E-state index contributed by atoms with van der Waals surface area (Å²) in [5, 5.41) is 8.58. The van der Waals surface area contributed by atoms with Crippen molar-refractivity contribution in [1.29, 1.82) is 0 Å². The van der Waals surface area contributed by atoms with Gasteiger partial charge in [0.15, 0.2) is 5.44 Å². The van der Waals surface area contributed by atoms with Gasteiger partial charge in [0.1, 0.15) is 5.65 Å². The molecular formula is C10H11N2O5P. The van der Waals surface area contributed by atoms with Crippen LogP contribution in [0.1, 0.15) is 12.0 Å². The Hall–Kier alpha value is -1.69. The minimum absolute atomic E-state index is 0.00551. The minimum Gasteiger partial charge on any atom is -0.481 e. The number of hydrogen-bond donors (Lipinski definition) is 3. The number of pyridine rings is 1. The molecule has 0 amide bonds. The lowest BCUT2D eigenvalue weighted by Crippen LogP contribution is -2.03. The molecule has 0 aromatic carbocycles. The summed E-state index contributed by atoms with van der Waals surface area (Å²) < 4.78 is 12.5. The molecule has 8 heteroatoms. The molecule has 0 saturated heterocycles. The summed E-state index contributed by atoms with van der Waals surface area (Å²) in [7, 11) is -4.36. The standard InChI is InChI=1S/C10H11N2O5P/c13-10(14)4-2-7-1-3-8-11-9(18(15,16)17)6-12(8)5-7/h1,3,5-6H,2,4H2,(H,13,14)(H2,15,16,17). The van der Waals surface area contributed by atoms with Crippen LogP contribution in [0.4, 0.5) is 0 Å². The predicted octanol–water partition coefficient (Wildman–Crippen LogP) is 0.155. The number of hydrogen-bond acceptors (Lipinski definition) is 3. The molecule has 0 aliphatic carbocycles. The molecule has 2 aromatic rings. The summed E-state index contributed by atoms with van der Waals surface area (Å²) in [6.07, 6.45) is 3.23. The lowest BCUT2D eigenvalue weighted by Gasteiger charge is -1.99. The Bertz CT molecular complexity index is 645. The molecule has 0 aliphatic heterocycles. The summed E-state index contributed by atoms with van der Waals surface area (Å²) in [6, 6.07) is 3.28. The minimum atomic E-state index is -4.36. The van der Waals surface area contributed by atoms with Crippen molar-refractivity contribution in [3.63, 3.8) is 0 Å². The Morgan fingerprint density at radius 1 is 1.33 bits per heavy atom. The smallest absolute Gasteiger partial charge is 0.376 e. The second-order valence-electron chi connectivity index (χ2n) is 3.84. The average Bonchev–Trinajstić information content (AvgIpc) is 2.68. The van der Waals surface area contributed by atoms with E-state index in [1.807, 2.05) is 0 Å². The van der Waals surface area contributed by atoms with Crippen molar-refractivity contribution in [3.05, 3.63) is 30.1 Å². The van der Waals surface area contributed by atoms with Crippen LogP contribution in [0.25, 0.3) is 5.65 Å². The molecule has 0 saturated carbocycles. The topological polar surface area (TPSA) is 112 Å². The van der Waals surface area contributed by atoms with Crippen LogP contribution in [0.3, 0.4) is 0 Å². The van der Waals surface area contributed by atoms with Crippen LogP contribution < -0.4 is 5.44 Å². The van der Waals surface area contributed by atoms with E-state index < -0.39 is 13.6 Å². The molecule has 0 fully saturated rings. The fourth-order valence-electron chi connectivity index (χ4n) is 1.56. The molecule has 0 atom stereocenters. The number of aromatic nitrogens is 2. The van der Waals surface area contributed by atoms with Gasteiger partial charge in [-0.3, -0.25) is 9.36 Å². The molecule has 18 heavy (non-hydrogen) atoms. The van der Waals surface area contributed by atoms with Crippen LogP contribution in [0.15, 0.2) is 24.5 Å². The van der Waals surface area contributed by atoms with Gasteiger partial charge in [-0.25, -0.2) is 4.98 Å². The van der Waals surface area contributed by atoms with Crippen LogP contribution in [-0.4, -0.2) is 30.2 Å². The van der Waals surface area contributed by atoms with Crippen molar-refractivity contribution in [2.45, 2.75) is 12.8 Å². The third-order valence-electron chi connectivity index (χ3n) is 2.43. The maximum Gasteiger partial charge on any atom is 0.376 e. The van der Waals surface area contributed by atoms with Gasteiger partial charge in [-0.15, -0.1) is 0 Å². The molecule has 7 nitrogen and oxygen atoms in total. The normalized spacial score (nSPS) is 11.9. The Kier molecular flexibility index (Phi) is 3.21. The number of nitrogens with zero attached hydrogens (tertiary/aromatic N) is 2. The molecule has 2 heterocycles. The van der Waals surface area contributed by atoms with Crippen LogP contribution in [0, 0.1) is 0 Å². The predicted molar refractivity (Wildman–Crippen MR) is 62.8 cm³/mol. The third-order valence-corrected chi connectivity index (χ3v) is 3.24. The summed E-state index contributed by atoms with van der Waals surface area (Å²) in [4.78, 5) is 32.2. The first-order valence-electron chi connectivity index (χ1n) is 5.12. The first-order chi connectivity index (χ1) is 8.36. The lowest BCUT2D eigenvalue weighted by atomic mass is 10.1. The van der Waals surface area contributed by atoms with Gasteiger partial charge in [0.05, 0.1) is 0 Å². The number of carboxylic acid groups (broad SMARTS) is 1. The van der Waals surface area contributed by atoms with E-state index in [2.05, 4.69) is 4.98 Å². The van der Waals surface area contributed by atoms with E-state index in [1.165, 1.54) is 10.6 Å². The van der Waals surface area contributed by atoms with Crippen molar-refractivity contribution >= 4 is 24.6 Å². The molecule has 0 unspecified atom stereocenters. The molecule has 0 radical (unpaired) electrons. The number of rotatable bonds is 4. The van der Waals surface area contributed by atoms with Gasteiger partial charge in [0, 0.05) is 18.8 Å². The van der Waals surface area contributed by atoms with Gasteiger partial charge < -0.3 is 19.3 Å². The molecular weight excluding hydrogens is 259 g/mol. The van der Waals surface area contributed by atoms with E-state index in [9.17, 15) is 9.36 Å². The van der Waals surface area contributed by atoms with Gasteiger partial charge in [-0.1, -0.05) is 6.07 Å². The average molecular weight is 270 g/mol. The number of aliphatic carboxylic acids is 1. The quantitative estimate of drug-likeness (QED) is 0.682. The fourth-order valence-corrected chi connectivity index (χ4v) is 2.07. The largest absolute Gasteiger partial charge is 0.481 e. The number of fused-ring (bicyclic) bond motifs is 1. The van der Waals surface area contributed by atoms with Crippen molar-refractivity contribution in [2.24, 2.45) is 0 Å².